The molecule has 0 atom stereocenters. The quantitative estimate of drug-likeness (QED) is 0.839. The van der Waals surface area contributed by atoms with Gasteiger partial charge in [-0.05, 0) is 19.9 Å². The Morgan fingerprint density at radius 2 is 2.05 bits per heavy atom. The van der Waals surface area contributed by atoms with Crippen molar-refractivity contribution in [2.24, 2.45) is 0 Å². The van der Waals surface area contributed by atoms with E-state index in [-0.39, 0.29) is 0 Å². The maximum Gasteiger partial charge on any atom is 0.167 e. The van der Waals surface area contributed by atoms with Crippen molar-refractivity contribution in [1.82, 2.24) is 10.1 Å². The lowest BCUT2D eigenvalue weighted by Crippen LogP contribution is -2.45. The minimum Gasteiger partial charge on any atom is -0.381 e. The van der Waals surface area contributed by atoms with E-state index in [9.17, 15) is 0 Å². The maximum atomic E-state index is 5.42. The molecule has 1 fully saturated rings. The van der Waals surface area contributed by atoms with Crippen molar-refractivity contribution in [3.63, 3.8) is 0 Å². The van der Waals surface area contributed by atoms with Crippen LogP contribution in [0.4, 0.5) is 0 Å². The summed E-state index contributed by atoms with van der Waals surface area (Å²) in [5, 5.41) is 4.16. The van der Waals surface area contributed by atoms with Crippen molar-refractivity contribution < 1.29 is 9.26 Å². The topological polar surface area (TPSA) is 38.5 Å². The number of rotatable bonds is 5. The standard InChI is InChI=1S/C16H20N2O2/c1-18(14-9-15(10-14)19-2)11-13-8-16(20-17-13)12-6-4-3-5-7-12/h3-8,14-15H,9-11H2,1-2H3. The second-order valence-electron chi connectivity index (χ2n) is 5.45. The molecule has 0 radical (unpaired) electrons. The number of ether oxygens (including phenoxy) is 1. The van der Waals surface area contributed by atoms with Crippen LogP contribution in [0.15, 0.2) is 40.9 Å². The highest BCUT2D eigenvalue weighted by Crippen LogP contribution is 2.28. The van der Waals surface area contributed by atoms with Crippen LogP contribution in [0.5, 0.6) is 0 Å². The second kappa shape index (κ2) is 5.77. The summed E-state index contributed by atoms with van der Waals surface area (Å²) in [6, 6.07) is 12.7. The van der Waals surface area contributed by atoms with Gasteiger partial charge in [0, 0.05) is 31.3 Å². The van der Waals surface area contributed by atoms with Crippen LogP contribution in [0.2, 0.25) is 0 Å². The fraction of sp³-hybridized carbons (Fsp3) is 0.438. The van der Waals surface area contributed by atoms with Crippen molar-refractivity contribution in [2.45, 2.75) is 31.5 Å². The van der Waals surface area contributed by atoms with Gasteiger partial charge >= 0.3 is 0 Å². The van der Waals surface area contributed by atoms with Crippen LogP contribution < -0.4 is 0 Å². The van der Waals surface area contributed by atoms with Crippen LogP contribution >= 0.6 is 0 Å². The number of hydrogen-bond donors (Lipinski definition) is 0. The second-order valence-corrected chi connectivity index (χ2v) is 5.45. The molecule has 0 unspecified atom stereocenters. The van der Waals surface area contributed by atoms with Crippen LogP contribution in [0.3, 0.4) is 0 Å². The fourth-order valence-electron chi connectivity index (χ4n) is 2.60. The molecule has 4 nitrogen and oxygen atoms in total. The molecule has 106 valence electrons. The van der Waals surface area contributed by atoms with E-state index in [1.165, 1.54) is 0 Å². The molecule has 1 aliphatic rings. The highest BCUT2D eigenvalue weighted by atomic mass is 16.5. The average molecular weight is 272 g/mol. The summed E-state index contributed by atoms with van der Waals surface area (Å²) in [4.78, 5) is 2.32. The molecule has 1 aromatic heterocycles. The van der Waals surface area contributed by atoms with Crippen molar-refractivity contribution >= 4 is 0 Å². The molecule has 20 heavy (non-hydrogen) atoms. The number of benzene rings is 1. The Morgan fingerprint density at radius 1 is 1.30 bits per heavy atom. The van der Waals surface area contributed by atoms with Gasteiger partial charge in [-0.3, -0.25) is 4.90 Å². The SMILES string of the molecule is COC1CC(N(C)Cc2cc(-c3ccccc3)on2)C1. The first kappa shape index (κ1) is 13.3. The molecule has 1 aliphatic carbocycles. The number of nitrogens with zero attached hydrogens (tertiary/aromatic N) is 2. The molecule has 3 rings (SSSR count). The van der Waals surface area contributed by atoms with Crippen LogP contribution in [-0.4, -0.2) is 36.4 Å². The third-order valence-corrected chi connectivity index (χ3v) is 4.06. The Kier molecular flexibility index (Phi) is 3.85. The summed E-state index contributed by atoms with van der Waals surface area (Å²) in [6.07, 6.45) is 2.65. The maximum absolute atomic E-state index is 5.42. The molecule has 1 saturated carbocycles. The molecule has 0 saturated heterocycles. The summed E-state index contributed by atoms with van der Waals surface area (Å²) in [5.41, 5.74) is 2.05. The molecule has 1 heterocycles. The molecular formula is C16H20N2O2. The van der Waals surface area contributed by atoms with Gasteiger partial charge in [0.1, 0.15) is 0 Å². The minimum atomic E-state index is 0.430. The number of hydrogen-bond acceptors (Lipinski definition) is 4. The predicted molar refractivity (Wildman–Crippen MR) is 77.2 cm³/mol. The predicted octanol–water partition coefficient (Wildman–Crippen LogP) is 2.95. The van der Waals surface area contributed by atoms with Gasteiger partial charge in [0.2, 0.25) is 0 Å². The summed E-state index contributed by atoms with van der Waals surface area (Å²) in [7, 11) is 3.91. The number of aromatic nitrogens is 1. The van der Waals surface area contributed by atoms with Gasteiger partial charge in [0.15, 0.2) is 5.76 Å². The Balaban J connectivity index is 1.60. The third kappa shape index (κ3) is 2.76. The average Bonchev–Trinajstić information content (AvgIpc) is 2.87. The smallest absolute Gasteiger partial charge is 0.167 e. The lowest BCUT2D eigenvalue weighted by molar-refractivity contribution is -0.0221. The first-order valence-corrected chi connectivity index (χ1v) is 7.00. The van der Waals surface area contributed by atoms with Crippen molar-refractivity contribution in [1.29, 1.82) is 0 Å². The summed E-state index contributed by atoms with van der Waals surface area (Å²) < 4.78 is 10.7. The van der Waals surface area contributed by atoms with Crippen molar-refractivity contribution in [3.8, 4) is 11.3 Å². The van der Waals surface area contributed by atoms with E-state index in [1.807, 2.05) is 36.4 Å². The zero-order valence-electron chi connectivity index (χ0n) is 12.0. The normalized spacial score (nSPS) is 21.9. The van der Waals surface area contributed by atoms with Crippen LogP contribution in [0, 0.1) is 0 Å². The fourth-order valence-corrected chi connectivity index (χ4v) is 2.60. The van der Waals surface area contributed by atoms with Gasteiger partial charge in [0.25, 0.3) is 0 Å². The molecule has 0 spiro atoms. The summed E-state index contributed by atoms with van der Waals surface area (Å²) in [5.74, 6) is 0.831. The van der Waals surface area contributed by atoms with Crippen molar-refractivity contribution in [3.05, 3.63) is 42.1 Å². The van der Waals surface area contributed by atoms with E-state index < -0.39 is 0 Å². The van der Waals surface area contributed by atoms with E-state index >= 15 is 0 Å². The molecule has 1 aromatic carbocycles. The van der Waals surface area contributed by atoms with Gasteiger partial charge < -0.3 is 9.26 Å². The Morgan fingerprint density at radius 3 is 2.75 bits per heavy atom. The van der Waals surface area contributed by atoms with Gasteiger partial charge in [-0.15, -0.1) is 0 Å². The first-order valence-electron chi connectivity index (χ1n) is 7.00. The van der Waals surface area contributed by atoms with Crippen LogP contribution in [0.25, 0.3) is 11.3 Å². The first-order chi connectivity index (χ1) is 9.76. The lowest BCUT2D eigenvalue weighted by atomic mass is 9.88. The summed E-state index contributed by atoms with van der Waals surface area (Å²) >= 11 is 0. The lowest BCUT2D eigenvalue weighted by Gasteiger charge is -2.40. The zero-order valence-corrected chi connectivity index (χ0v) is 12.0. The van der Waals surface area contributed by atoms with E-state index in [0.29, 0.717) is 12.1 Å². The number of methoxy groups -OCH3 is 1. The largest absolute Gasteiger partial charge is 0.381 e. The molecular weight excluding hydrogens is 252 g/mol. The monoisotopic (exact) mass is 272 g/mol. The van der Waals surface area contributed by atoms with Crippen LogP contribution in [-0.2, 0) is 11.3 Å². The van der Waals surface area contributed by atoms with Gasteiger partial charge in [-0.1, -0.05) is 35.5 Å². The molecule has 0 amide bonds. The van der Waals surface area contributed by atoms with E-state index in [4.69, 9.17) is 9.26 Å². The van der Waals surface area contributed by atoms with Crippen LogP contribution in [0.1, 0.15) is 18.5 Å². The Bertz CT molecular complexity index is 547. The van der Waals surface area contributed by atoms with Gasteiger partial charge in [0.05, 0.1) is 11.8 Å². The zero-order chi connectivity index (χ0) is 13.9. The highest BCUT2D eigenvalue weighted by molar-refractivity contribution is 5.56. The van der Waals surface area contributed by atoms with E-state index in [0.717, 1.165) is 36.4 Å². The van der Waals surface area contributed by atoms with E-state index in [2.05, 4.69) is 17.1 Å². The molecule has 2 aromatic rings. The van der Waals surface area contributed by atoms with Gasteiger partial charge in [-0.25, -0.2) is 0 Å². The van der Waals surface area contributed by atoms with Crippen molar-refractivity contribution in [2.75, 3.05) is 14.2 Å². The Hall–Kier alpha value is -1.65. The molecule has 4 heteroatoms. The minimum absolute atomic E-state index is 0.430. The van der Waals surface area contributed by atoms with E-state index in [1.54, 1.807) is 7.11 Å². The highest BCUT2D eigenvalue weighted by Gasteiger charge is 2.32. The van der Waals surface area contributed by atoms with Gasteiger partial charge in [-0.2, -0.15) is 0 Å². The third-order valence-electron chi connectivity index (χ3n) is 4.06. The molecule has 0 aliphatic heterocycles. The molecule has 0 bridgehead atoms. The Labute approximate surface area is 119 Å². The summed E-state index contributed by atoms with van der Waals surface area (Å²) in [6.45, 7) is 0.817. The molecule has 0 N–H and O–H groups in total.